The first-order chi connectivity index (χ1) is 44.8. The predicted octanol–water partition coefficient (Wildman–Crippen LogP) is 21.7. The number of fused-ring (bicyclic) bond motifs is 12. The van der Waals surface area contributed by atoms with Gasteiger partial charge in [0.2, 0.25) is 5.95 Å². The van der Waals surface area contributed by atoms with Gasteiger partial charge >= 0.3 is 0 Å². The zero-order chi connectivity index (χ0) is 60.4. The maximum atomic E-state index is 6.31. The van der Waals surface area contributed by atoms with Crippen LogP contribution < -0.4 is 4.90 Å². The normalized spacial score (nSPS) is 13.3. The Bertz CT molecular complexity index is 5520. The van der Waals surface area contributed by atoms with Crippen LogP contribution in [0.25, 0.3) is 117 Å². The Kier molecular flexibility index (Phi) is 11.8. The molecule has 0 atom stereocenters. The number of furan rings is 1. The third kappa shape index (κ3) is 8.16. The third-order valence-corrected chi connectivity index (χ3v) is 19.3. The smallest absolute Gasteiger partial charge is 0.238 e. The van der Waals surface area contributed by atoms with Crippen molar-refractivity contribution >= 4 is 60.8 Å². The van der Waals surface area contributed by atoms with Crippen molar-refractivity contribution < 1.29 is 4.42 Å². The first kappa shape index (κ1) is 52.4. The van der Waals surface area contributed by atoms with E-state index in [-0.39, 0.29) is 5.41 Å². The highest BCUT2D eigenvalue weighted by molar-refractivity contribution is 6.13. The van der Waals surface area contributed by atoms with Crippen LogP contribution in [-0.2, 0) is 10.8 Å². The largest absolute Gasteiger partial charge is 0.456 e. The van der Waals surface area contributed by atoms with Crippen molar-refractivity contribution in [3.05, 3.63) is 343 Å². The van der Waals surface area contributed by atoms with Crippen LogP contribution >= 0.6 is 0 Å². The standard InChI is InChI=1S/C85H57N5O/c1-84(2)73-35-18-15-33-66(73)69-52-71-70-49-58(40-46-77(70)90(78(71)53-75(69)84)83-87-81(56-24-9-4-10-25-56)86-82(88-83)59-41-47-80-72(50-59)68-34-17-20-37-79(68)91-80)57-26-21-31-63(48-57)89(62-42-38-55(39-43-62)54-22-7-3-8-23-54)64-44-45-67-65-32-16-19-36-74(65)85(76(67)51-64,60-27-11-5-12-28-60)61-29-13-6-14-30-61/h3-53H,1-2H3. The molecule has 0 fully saturated rings. The quantitative estimate of drug-likeness (QED) is 0.137. The van der Waals surface area contributed by atoms with Crippen molar-refractivity contribution in [2.75, 3.05) is 4.90 Å². The lowest BCUT2D eigenvalue weighted by atomic mass is 9.67. The van der Waals surface area contributed by atoms with Gasteiger partial charge in [0.05, 0.1) is 16.4 Å². The summed E-state index contributed by atoms with van der Waals surface area (Å²) in [6, 6.07) is 112. The molecule has 3 heterocycles. The number of para-hydroxylation sites is 1. The maximum Gasteiger partial charge on any atom is 0.238 e. The Morgan fingerprint density at radius 2 is 0.835 bits per heavy atom. The van der Waals surface area contributed by atoms with Gasteiger partial charge in [-0.25, -0.2) is 4.98 Å². The van der Waals surface area contributed by atoms with E-state index in [0.29, 0.717) is 17.6 Å². The molecule has 0 radical (unpaired) electrons. The molecule has 16 aromatic rings. The van der Waals surface area contributed by atoms with Crippen LogP contribution in [0.15, 0.2) is 314 Å². The van der Waals surface area contributed by atoms with E-state index in [4.69, 9.17) is 19.4 Å². The number of nitrogens with zero attached hydrogens (tertiary/aromatic N) is 5. The van der Waals surface area contributed by atoms with Crippen LogP contribution in [0.3, 0.4) is 0 Å². The summed E-state index contributed by atoms with van der Waals surface area (Å²) < 4.78 is 8.58. The van der Waals surface area contributed by atoms with Crippen LogP contribution in [0.5, 0.6) is 0 Å². The number of hydrogen-bond donors (Lipinski definition) is 0. The van der Waals surface area contributed by atoms with Gasteiger partial charge in [-0.15, -0.1) is 0 Å². The van der Waals surface area contributed by atoms with Crippen molar-refractivity contribution in [1.82, 2.24) is 19.5 Å². The second kappa shape index (κ2) is 20.4. The van der Waals surface area contributed by atoms with Crippen LogP contribution in [0, 0.1) is 0 Å². The Morgan fingerprint density at radius 1 is 0.308 bits per heavy atom. The van der Waals surface area contributed by atoms with E-state index in [1.165, 1.54) is 61.2 Å². The molecule has 91 heavy (non-hydrogen) atoms. The molecule has 0 bridgehead atoms. The van der Waals surface area contributed by atoms with Gasteiger partial charge < -0.3 is 9.32 Å². The lowest BCUT2D eigenvalue weighted by molar-refractivity contribution is 0.661. The summed E-state index contributed by atoms with van der Waals surface area (Å²) in [6.07, 6.45) is 0. The Labute approximate surface area is 527 Å². The first-order valence-corrected chi connectivity index (χ1v) is 31.2. The highest BCUT2D eigenvalue weighted by atomic mass is 16.3. The summed E-state index contributed by atoms with van der Waals surface area (Å²) in [6.45, 7) is 4.69. The molecule has 0 spiro atoms. The molecule has 428 valence electrons. The monoisotopic (exact) mass is 1160 g/mol. The average molecular weight is 1160 g/mol. The first-order valence-electron chi connectivity index (χ1n) is 31.2. The molecule has 13 aromatic carbocycles. The highest BCUT2D eigenvalue weighted by Crippen LogP contribution is 2.58. The zero-order valence-electron chi connectivity index (χ0n) is 50.1. The number of hydrogen-bond acceptors (Lipinski definition) is 5. The molecule has 18 rings (SSSR count). The van der Waals surface area contributed by atoms with E-state index in [2.05, 4.69) is 296 Å². The number of benzene rings is 13. The molecule has 2 aliphatic rings. The molecule has 0 aliphatic heterocycles. The van der Waals surface area contributed by atoms with Gasteiger partial charge in [0.25, 0.3) is 0 Å². The molecule has 0 amide bonds. The summed E-state index contributed by atoms with van der Waals surface area (Å²) >= 11 is 0. The van der Waals surface area contributed by atoms with Crippen molar-refractivity contribution in [1.29, 1.82) is 0 Å². The van der Waals surface area contributed by atoms with Gasteiger partial charge in [0, 0.05) is 55.1 Å². The summed E-state index contributed by atoms with van der Waals surface area (Å²) in [7, 11) is 0. The summed E-state index contributed by atoms with van der Waals surface area (Å²) in [5.74, 6) is 1.71. The van der Waals surface area contributed by atoms with E-state index in [0.717, 1.165) is 88.6 Å². The van der Waals surface area contributed by atoms with Gasteiger partial charge in [0.15, 0.2) is 11.6 Å². The van der Waals surface area contributed by atoms with Gasteiger partial charge in [-0.2, -0.15) is 9.97 Å². The van der Waals surface area contributed by atoms with Crippen molar-refractivity contribution in [2.45, 2.75) is 24.7 Å². The SMILES string of the molecule is CC1(C)c2ccccc2-c2cc3c4cc(-c5cccc(N(c6ccc(-c7ccccc7)cc6)c6ccc7c(c6)C(c6ccccc6)(c6ccccc6)c6ccccc6-7)c5)ccc4n(-c4nc(-c5ccccc5)nc(-c5ccc6oc7ccccc7c6c5)n4)c3cc21. The average Bonchev–Trinajstić information content (AvgIpc) is 1.64. The Morgan fingerprint density at radius 3 is 1.58 bits per heavy atom. The van der Waals surface area contributed by atoms with Crippen LogP contribution in [0.1, 0.15) is 47.2 Å². The lowest BCUT2D eigenvalue weighted by Gasteiger charge is -2.35. The lowest BCUT2D eigenvalue weighted by Crippen LogP contribution is -2.28. The molecule has 0 saturated carbocycles. The van der Waals surface area contributed by atoms with E-state index in [1.54, 1.807) is 0 Å². The summed E-state index contributed by atoms with van der Waals surface area (Å²) in [5.41, 5.74) is 24.9. The molecule has 6 heteroatoms. The summed E-state index contributed by atoms with van der Waals surface area (Å²) in [4.78, 5) is 18.6. The molecular weight excluding hydrogens is 1110 g/mol. The molecule has 3 aromatic heterocycles. The van der Waals surface area contributed by atoms with E-state index >= 15 is 0 Å². The van der Waals surface area contributed by atoms with Gasteiger partial charge in [-0.05, 0) is 163 Å². The van der Waals surface area contributed by atoms with Gasteiger partial charge in [-0.1, -0.05) is 238 Å². The Balaban J connectivity index is 0.835. The second-order valence-corrected chi connectivity index (χ2v) is 24.7. The van der Waals surface area contributed by atoms with Crippen LogP contribution in [0.2, 0.25) is 0 Å². The van der Waals surface area contributed by atoms with E-state index in [1.807, 2.05) is 36.4 Å². The van der Waals surface area contributed by atoms with E-state index in [9.17, 15) is 0 Å². The van der Waals surface area contributed by atoms with Crippen molar-refractivity contribution in [3.63, 3.8) is 0 Å². The summed E-state index contributed by atoms with van der Waals surface area (Å²) in [5, 5.41) is 4.28. The van der Waals surface area contributed by atoms with Crippen LogP contribution in [-0.4, -0.2) is 19.5 Å². The number of anilines is 3. The topological polar surface area (TPSA) is 60.0 Å². The zero-order valence-corrected chi connectivity index (χ0v) is 50.1. The minimum atomic E-state index is -0.572. The van der Waals surface area contributed by atoms with Crippen molar-refractivity contribution in [2.24, 2.45) is 0 Å². The molecule has 6 nitrogen and oxygen atoms in total. The molecule has 0 saturated heterocycles. The second-order valence-electron chi connectivity index (χ2n) is 24.7. The fourth-order valence-electron chi connectivity index (χ4n) is 15.1. The van der Waals surface area contributed by atoms with Gasteiger partial charge in [0.1, 0.15) is 11.2 Å². The number of aromatic nitrogens is 4. The van der Waals surface area contributed by atoms with Crippen LogP contribution in [0.4, 0.5) is 17.1 Å². The molecule has 0 unspecified atom stereocenters. The third-order valence-electron chi connectivity index (χ3n) is 19.3. The fourth-order valence-corrected chi connectivity index (χ4v) is 15.1. The molecular formula is C85H57N5O. The molecule has 2 aliphatic carbocycles. The maximum absolute atomic E-state index is 6.31. The fraction of sp³-hybridized carbons (Fsp3) is 0.0471. The van der Waals surface area contributed by atoms with E-state index < -0.39 is 5.41 Å². The number of rotatable bonds is 10. The molecule has 0 N–H and O–H groups in total. The minimum Gasteiger partial charge on any atom is -0.456 e. The highest BCUT2D eigenvalue weighted by Gasteiger charge is 2.46. The van der Waals surface area contributed by atoms with Crippen molar-refractivity contribution in [3.8, 4) is 73.2 Å². The Hall–Kier alpha value is -11.7. The predicted molar refractivity (Wildman–Crippen MR) is 373 cm³/mol. The van der Waals surface area contributed by atoms with Gasteiger partial charge in [-0.3, -0.25) is 4.57 Å². The minimum absolute atomic E-state index is 0.254.